The number of aliphatic carboxylic acids is 1. The molecule has 1 heterocycles. The smallest absolute Gasteiger partial charge is 0.300 e. The van der Waals surface area contributed by atoms with Crippen molar-refractivity contribution in [2.75, 3.05) is 0 Å². The van der Waals surface area contributed by atoms with Crippen molar-refractivity contribution < 1.29 is 9.90 Å². The third-order valence-electron chi connectivity index (χ3n) is 0.902. The van der Waals surface area contributed by atoms with Gasteiger partial charge in [0.25, 0.3) is 5.97 Å². The van der Waals surface area contributed by atoms with Crippen molar-refractivity contribution in [3.63, 3.8) is 0 Å². The van der Waals surface area contributed by atoms with Crippen LogP contribution in [0, 0.1) is 0 Å². The quantitative estimate of drug-likeness (QED) is 0.690. The summed E-state index contributed by atoms with van der Waals surface area (Å²) in [6, 6.07) is 0. The van der Waals surface area contributed by atoms with Crippen LogP contribution >= 0.6 is 24.0 Å². The predicted molar refractivity (Wildman–Crippen MR) is 52.1 cm³/mol. The number of thiol groups is 1. The molecule has 0 saturated carbocycles. The first kappa shape index (κ1) is 11.4. The maximum atomic E-state index is 9.00. The molecule has 0 aliphatic rings. The number of carbonyl (C=O) groups is 1. The number of thiazole rings is 1. The van der Waals surface area contributed by atoms with E-state index in [9.17, 15) is 0 Å². The van der Waals surface area contributed by atoms with Crippen LogP contribution in [0.3, 0.4) is 0 Å². The molecule has 68 valence electrons. The second kappa shape index (κ2) is 6.02. The molecule has 0 saturated heterocycles. The Morgan fingerprint density at radius 2 is 2.33 bits per heavy atom. The lowest BCUT2D eigenvalue weighted by Gasteiger charge is -1.79. The van der Waals surface area contributed by atoms with Crippen molar-refractivity contribution in [2.45, 2.75) is 24.6 Å². The fourth-order valence-corrected chi connectivity index (χ4v) is 1.38. The molecule has 0 aromatic carbocycles. The summed E-state index contributed by atoms with van der Waals surface area (Å²) < 4.78 is 0.863. The van der Waals surface area contributed by atoms with E-state index in [0.29, 0.717) is 0 Å². The van der Waals surface area contributed by atoms with Gasteiger partial charge in [-0.15, -0.1) is 24.0 Å². The van der Waals surface area contributed by atoms with Crippen molar-refractivity contribution in [3.05, 3.63) is 11.1 Å². The average Bonchev–Trinajstić information content (AvgIpc) is 2.34. The molecule has 0 fully saturated rings. The van der Waals surface area contributed by atoms with E-state index in [-0.39, 0.29) is 0 Å². The molecule has 1 rings (SSSR count). The van der Waals surface area contributed by atoms with Crippen LogP contribution in [0.4, 0.5) is 0 Å². The maximum absolute atomic E-state index is 9.00. The van der Waals surface area contributed by atoms with Crippen LogP contribution < -0.4 is 0 Å². The highest BCUT2D eigenvalue weighted by Crippen LogP contribution is 2.12. The van der Waals surface area contributed by atoms with Crippen molar-refractivity contribution in [1.82, 2.24) is 4.98 Å². The van der Waals surface area contributed by atoms with Gasteiger partial charge < -0.3 is 5.11 Å². The maximum Gasteiger partial charge on any atom is 0.300 e. The Balaban J connectivity index is 0.000000261. The van der Waals surface area contributed by atoms with E-state index in [2.05, 4.69) is 24.5 Å². The van der Waals surface area contributed by atoms with Crippen molar-refractivity contribution in [2.24, 2.45) is 0 Å². The van der Waals surface area contributed by atoms with Crippen LogP contribution in [0.25, 0.3) is 0 Å². The van der Waals surface area contributed by atoms with Gasteiger partial charge in [-0.1, -0.05) is 6.92 Å². The molecule has 0 unspecified atom stereocenters. The molecule has 3 nitrogen and oxygen atoms in total. The van der Waals surface area contributed by atoms with Crippen LogP contribution in [0.1, 0.15) is 19.5 Å². The first-order chi connectivity index (χ1) is 5.56. The van der Waals surface area contributed by atoms with Gasteiger partial charge in [-0.2, -0.15) is 0 Å². The van der Waals surface area contributed by atoms with Crippen LogP contribution in [0.5, 0.6) is 0 Å². The van der Waals surface area contributed by atoms with Crippen LogP contribution in [-0.2, 0) is 11.2 Å². The lowest BCUT2D eigenvalue weighted by Crippen LogP contribution is -1.78. The van der Waals surface area contributed by atoms with E-state index in [1.807, 2.05) is 5.38 Å². The lowest BCUT2D eigenvalue weighted by molar-refractivity contribution is -0.134. The second-order valence-electron chi connectivity index (χ2n) is 1.99. The highest BCUT2D eigenvalue weighted by Gasteiger charge is 1.91. The first-order valence-corrected chi connectivity index (χ1v) is 4.71. The highest BCUT2D eigenvalue weighted by atomic mass is 32.2. The minimum absolute atomic E-state index is 0.833. The number of carboxylic acids is 1. The van der Waals surface area contributed by atoms with E-state index in [1.165, 1.54) is 0 Å². The Bertz CT molecular complexity index is 243. The molecule has 1 aromatic rings. The van der Waals surface area contributed by atoms with Gasteiger partial charge in [0.05, 0.1) is 5.69 Å². The number of aryl methyl sites for hydroxylation is 1. The molecule has 1 aromatic heterocycles. The number of hydrogen-bond acceptors (Lipinski definition) is 4. The number of nitrogens with zero attached hydrogens (tertiary/aromatic N) is 1. The lowest BCUT2D eigenvalue weighted by atomic mass is 10.4. The normalized spacial score (nSPS) is 8.58. The van der Waals surface area contributed by atoms with E-state index < -0.39 is 5.97 Å². The number of carboxylic acid groups (broad SMARTS) is 1. The fourth-order valence-electron chi connectivity index (χ4n) is 0.459. The first-order valence-electron chi connectivity index (χ1n) is 3.39. The molecule has 0 aliphatic heterocycles. The number of aromatic nitrogens is 1. The largest absolute Gasteiger partial charge is 0.481 e. The summed E-state index contributed by atoms with van der Waals surface area (Å²) >= 11 is 5.65. The summed E-state index contributed by atoms with van der Waals surface area (Å²) in [5.74, 6) is -0.833. The van der Waals surface area contributed by atoms with Crippen molar-refractivity contribution in [1.29, 1.82) is 0 Å². The third kappa shape index (κ3) is 6.18. The molecule has 0 bridgehead atoms. The molecular formula is C7H11NO2S2. The van der Waals surface area contributed by atoms with Crippen molar-refractivity contribution >= 4 is 29.9 Å². The summed E-state index contributed by atoms with van der Waals surface area (Å²) in [6.07, 6.45) is 1.01. The average molecular weight is 205 g/mol. The zero-order chi connectivity index (χ0) is 9.56. The third-order valence-corrected chi connectivity index (χ3v) is 2.01. The van der Waals surface area contributed by atoms with Gasteiger partial charge >= 0.3 is 0 Å². The predicted octanol–water partition coefficient (Wildman–Crippen LogP) is 2.09. The van der Waals surface area contributed by atoms with E-state index in [0.717, 1.165) is 23.4 Å². The van der Waals surface area contributed by atoms with Crippen LogP contribution in [0.2, 0.25) is 0 Å². The van der Waals surface area contributed by atoms with Crippen LogP contribution in [-0.4, -0.2) is 16.1 Å². The van der Waals surface area contributed by atoms with Gasteiger partial charge in [-0.25, -0.2) is 4.98 Å². The Kier molecular flexibility index (Phi) is 5.74. The summed E-state index contributed by atoms with van der Waals surface area (Å²) in [7, 11) is 0. The minimum atomic E-state index is -0.833. The van der Waals surface area contributed by atoms with Crippen molar-refractivity contribution in [3.8, 4) is 0 Å². The fraction of sp³-hybridized carbons (Fsp3) is 0.429. The van der Waals surface area contributed by atoms with Gasteiger partial charge in [0.1, 0.15) is 4.34 Å². The van der Waals surface area contributed by atoms with E-state index in [1.54, 1.807) is 11.3 Å². The minimum Gasteiger partial charge on any atom is -0.481 e. The Morgan fingerprint density at radius 1 is 1.83 bits per heavy atom. The molecule has 0 aliphatic carbocycles. The SMILES string of the molecule is CC(=O)O.CCc1csc(S)n1. The molecule has 0 radical (unpaired) electrons. The van der Waals surface area contributed by atoms with Gasteiger partial charge in [0, 0.05) is 12.3 Å². The Hall–Kier alpha value is -0.550. The van der Waals surface area contributed by atoms with E-state index >= 15 is 0 Å². The summed E-state index contributed by atoms with van der Waals surface area (Å²) in [6.45, 7) is 3.17. The second-order valence-corrected chi connectivity index (χ2v) is 3.58. The van der Waals surface area contributed by atoms with Gasteiger partial charge in [-0.05, 0) is 6.42 Å². The van der Waals surface area contributed by atoms with Crippen LogP contribution in [0.15, 0.2) is 9.72 Å². The molecular weight excluding hydrogens is 194 g/mol. The Labute approximate surface area is 80.9 Å². The topological polar surface area (TPSA) is 50.2 Å². The molecule has 5 heteroatoms. The summed E-state index contributed by atoms with van der Waals surface area (Å²) in [5.41, 5.74) is 1.14. The van der Waals surface area contributed by atoms with Gasteiger partial charge in [0.2, 0.25) is 0 Å². The standard InChI is InChI=1S/C5H7NS2.C2H4O2/c1-2-4-3-8-5(7)6-4;1-2(3)4/h3H,2H2,1H3,(H,6,7);1H3,(H,3,4). The zero-order valence-electron chi connectivity index (χ0n) is 6.94. The summed E-state index contributed by atoms with van der Waals surface area (Å²) in [5, 5.41) is 9.45. The number of rotatable bonds is 1. The zero-order valence-corrected chi connectivity index (χ0v) is 8.65. The van der Waals surface area contributed by atoms with E-state index in [4.69, 9.17) is 9.90 Å². The molecule has 1 N–H and O–H groups in total. The molecule has 0 spiro atoms. The molecule has 0 amide bonds. The molecule has 12 heavy (non-hydrogen) atoms. The Morgan fingerprint density at radius 3 is 2.50 bits per heavy atom. The monoisotopic (exact) mass is 205 g/mol. The van der Waals surface area contributed by atoms with Gasteiger partial charge in [0.15, 0.2) is 0 Å². The molecule has 0 atom stereocenters. The summed E-state index contributed by atoms with van der Waals surface area (Å²) in [4.78, 5) is 13.1. The van der Waals surface area contributed by atoms with Gasteiger partial charge in [-0.3, -0.25) is 4.79 Å². The number of hydrogen-bond donors (Lipinski definition) is 2. The highest BCUT2D eigenvalue weighted by molar-refractivity contribution is 7.82.